The van der Waals surface area contributed by atoms with E-state index in [1.807, 2.05) is 0 Å². The van der Waals surface area contributed by atoms with Gasteiger partial charge in [-0.1, -0.05) is 224 Å². The van der Waals surface area contributed by atoms with Crippen LogP contribution in [0.2, 0.25) is 0 Å². The van der Waals surface area contributed by atoms with Crippen molar-refractivity contribution in [3.8, 4) is 101 Å². The van der Waals surface area contributed by atoms with Crippen LogP contribution in [-0.4, -0.2) is 9.97 Å². The van der Waals surface area contributed by atoms with Crippen LogP contribution >= 0.6 is 0 Å². The van der Waals surface area contributed by atoms with Crippen LogP contribution in [0.1, 0.15) is 22.3 Å². The van der Waals surface area contributed by atoms with Gasteiger partial charge in [-0.15, -0.1) is 0 Å². The Hall–Kier alpha value is -8.72. The number of hydrogen-bond acceptors (Lipinski definition) is 2. The Kier molecular flexibility index (Phi) is 9.11. The van der Waals surface area contributed by atoms with Crippen molar-refractivity contribution in [1.29, 1.82) is 0 Å². The normalized spacial score (nSPS) is 12.6. The minimum Gasteiger partial charge on any atom is -0.228 e. The highest BCUT2D eigenvalue weighted by Gasteiger charge is 2.49. The fraction of sp³-hybridized carbons (Fsp3) is 0.0154. The maximum absolute atomic E-state index is 5.56. The average Bonchev–Trinajstić information content (AvgIpc) is 3.66. The fourth-order valence-corrected chi connectivity index (χ4v) is 11.0. The Bertz CT molecular complexity index is 3580. The molecule has 312 valence electrons. The van der Waals surface area contributed by atoms with Crippen molar-refractivity contribution in [1.82, 2.24) is 9.97 Å². The summed E-state index contributed by atoms with van der Waals surface area (Å²) in [5.41, 5.74) is 23.6. The summed E-state index contributed by atoms with van der Waals surface area (Å²) in [5, 5.41) is 0. The minimum absolute atomic E-state index is 0.557. The Balaban J connectivity index is 1.09. The van der Waals surface area contributed by atoms with Gasteiger partial charge in [-0.25, -0.2) is 9.97 Å². The molecule has 2 nitrogen and oxygen atoms in total. The molecule has 67 heavy (non-hydrogen) atoms. The molecule has 2 heteroatoms. The van der Waals surface area contributed by atoms with E-state index in [0.717, 1.165) is 61.5 Å². The SMILES string of the molecule is c1ccc(-c2cc(-c3ccccc3)cc(-c3cc(-c4ccc5c(c4)-c4ccccc4-c4ccccc4C54c5ccccc5-c5ccccc54)nc(-c4ccccc4-c4ccccc4)n3)c2)cc1. The maximum atomic E-state index is 5.56. The lowest BCUT2D eigenvalue weighted by Crippen LogP contribution is -2.29. The summed E-state index contributed by atoms with van der Waals surface area (Å²) >= 11 is 0. The van der Waals surface area contributed by atoms with Crippen molar-refractivity contribution in [3.05, 3.63) is 277 Å². The van der Waals surface area contributed by atoms with E-state index in [-0.39, 0.29) is 0 Å². The van der Waals surface area contributed by atoms with Crippen LogP contribution in [0, 0.1) is 0 Å². The Morgan fingerprint density at radius 3 is 1.12 bits per heavy atom. The summed E-state index contributed by atoms with van der Waals surface area (Å²) in [5.74, 6) is 0.677. The van der Waals surface area contributed by atoms with E-state index in [1.165, 1.54) is 55.6 Å². The number of fused-ring (bicyclic) bond motifs is 12. The van der Waals surface area contributed by atoms with Crippen molar-refractivity contribution in [3.63, 3.8) is 0 Å². The van der Waals surface area contributed by atoms with Gasteiger partial charge in [-0.3, -0.25) is 0 Å². The van der Waals surface area contributed by atoms with E-state index in [4.69, 9.17) is 9.97 Å². The number of nitrogens with zero attached hydrogens (tertiary/aromatic N) is 2. The first-order chi connectivity index (χ1) is 33.2. The molecule has 0 saturated carbocycles. The number of rotatable bonds is 6. The predicted octanol–water partition coefficient (Wildman–Crippen LogP) is 16.5. The zero-order valence-electron chi connectivity index (χ0n) is 36.6. The fourth-order valence-electron chi connectivity index (χ4n) is 11.0. The van der Waals surface area contributed by atoms with E-state index < -0.39 is 5.41 Å². The van der Waals surface area contributed by atoms with Crippen molar-refractivity contribution < 1.29 is 0 Å². The molecule has 0 radical (unpaired) electrons. The highest BCUT2D eigenvalue weighted by molar-refractivity contribution is 5.98. The van der Waals surface area contributed by atoms with Gasteiger partial charge < -0.3 is 0 Å². The zero-order valence-corrected chi connectivity index (χ0v) is 36.6. The third-order valence-corrected chi connectivity index (χ3v) is 13.9. The summed E-state index contributed by atoms with van der Waals surface area (Å²) in [6.07, 6.45) is 0. The van der Waals surface area contributed by atoms with Crippen molar-refractivity contribution >= 4 is 0 Å². The number of hydrogen-bond donors (Lipinski definition) is 0. The molecule has 0 bridgehead atoms. The molecule has 2 aliphatic carbocycles. The molecular formula is C65H42N2. The van der Waals surface area contributed by atoms with Crippen LogP contribution < -0.4 is 0 Å². The second-order valence-corrected chi connectivity index (χ2v) is 17.6. The lowest BCUT2D eigenvalue weighted by Gasteiger charge is -2.35. The van der Waals surface area contributed by atoms with Gasteiger partial charge in [0.15, 0.2) is 5.82 Å². The molecule has 0 saturated heterocycles. The smallest absolute Gasteiger partial charge is 0.161 e. The summed E-state index contributed by atoms with van der Waals surface area (Å²) < 4.78 is 0. The number of aromatic nitrogens is 2. The lowest BCUT2D eigenvalue weighted by atomic mass is 9.66. The first kappa shape index (κ1) is 38.7. The summed E-state index contributed by atoms with van der Waals surface area (Å²) in [7, 11) is 0. The molecule has 0 atom stereocenters. The van der Waals surface area contributed by atoms with Crippen LogP contribution in [0.5, 0.6) is 0 Å². The third kappa shape index (κ3) is 6.26. The summed E-state index contributed by atoms with van der Waals surface area (Å²) in [6, 6.07) is 92.6. The maximum Gasteiger partial charge on any atom is 0.161 e. The summed E-state index contributed by atoms with van der Waals surface area (Å²) in [6.45, 7) is 0. The first-order valence-electron chi connectivity index (χ1n) is 23.1. The molecule has 0 amide bonds. The van der Waals surface area contributed by atoms with Gasteiger partial charge in [0.05, 0.1) is 16.8 Å². The van der Waals surface area contributed by atoms with Gasteiger partial charge in [0, 0.05) is 16.7 Å². The van der Waals surface area contributed by atoms with E-state index >= 15 is 0 Å². The van der Waals surface area contributed by atoms with Crippen LogP contribution in [0.4, 0.5) is 0 Å². The van der Waals surface area contributed by atoms with Crippen molar-refractivity contribution in [2.45, 2.75) is 5.41 Å². The van der Waals surface area contributed by atoms with E-state index in [1.54, 1.807) is 0 Å². The van der Waals surface area contributed by atoms with Gasteiger partial charge in [0.2, 0.25) is 0 Å². The summed E-state index contributed by atoms with van der Waals surface area (Å²) in [4.78, 5) is 11.1. The molecule has 2 aliphatic rings. The molecule has 0 unspecified atom stereocenters. The molecule has 0 fully saturated rings. The van der Waals surface area contributed by atoms with Crippen LogP contribution in [0.15, 0.2) is 255 Å². The van der Waals surface area contributed by atoms with Crippen molar-refractivity contribution in [2.75, 3.05) is 0 Å². The van der Waals surface area contributed by atoms with Gasteiger partial charge in [0.25, 0.3) is 0 Å². The number of benzene rings is 10. The topological polar surface area (TPSA) is 25.8 Å². The Morgan fingerprint density at radius 2 is 0.582 bits per heavy atom. The second-order valence-electron chi connectivity index (χ2n) is 17.6. The van der Waals surface area contributed by atoms with Crippen molar-refractivity contribution in [2.24, 2.45) is 0 Å². The first-order valence-corrected chi connectivity index (χ1v) is 23.1. The largest absolute Gasteiger partial charge is 0.228 e. The quantitative estimate of drug-likeness (QED) is 0.167. The molecule has 1 heterocycles. The van der Waals surface area contributed by atoms with Crippen LogP contribution in [-0.2, 0) is 5.41 Å². The van der Waals surface area contributed by atoms with Crippen LogP contribution in [0.3, 0.4) is 0 Å². The standard InChI is InChI=1S/C65H42N2/c1-4-20-43(21-5-1)47-38-48(44-22-6-2-7-23-44)40-49(39-47)63-42-62(66-64(67-63)56-32-13-10-26-50(56)45-24-8-3-9-25-45)46-36-37-61-57(41-46)52-28-12-11-27-51(52)53-29-14-17-33-58(53)65(61)59-34-18-15-30-54(59)55-31-16-19-35-60(55)65/h1-42H. The molecule has 13 rings (SSSR count). The minimum atomic E-state index is -0.557. The van der Waals surface area contributed by atoms with Gasteiger partial charge in [0.1, 0.15) is 0 Å². The van der Waals surface area contributed by atoms with E-state index in [9.17, 15) is 0 Å². The van der Waals surface area contributed by atoms with Gasteiger partial charge in [-0.2, -0.15) is 0 Å². The third-order valence-electron chi connectivity index (χ3n) is 13.9. The van der Waals surface area contributed by atoms with Crippen LogP contribution in [0.25, 0.3) is 101 Å². The van der Waals surface area contributed by atoms with E-state index in [2.05, 4.69) is 255 Å². The molecule has 10 aromatic carbocycles. The molecule has 0 aliphatic heterocycles. The van der Waals surface area contributed by atoms with Gasteiger partial charge in [-0.05, 0) is 119 Å². The molecular weight excluding hydrogens is 809 g/mol. The Morgan fingerprint density at radius 1 is 0.209 bits per heavy atom. The highest BCUT2D eigenvalue weighted by Crippen LogP contribution is 2.61. The molecule has 0 N–H and O–H groups in total. The van der Waals surface area contributed by atoms with Gasteiger partial charge >= 0.3 is 0 Å². The zero-order chi connectivity index (χ0) is 44.3. The highest BCUT2D eigenvalue weighted by atomic mass is 14.9. The van der Waals surface area contributed by atoms with E-state index in [0.29, 0.717) is 5.82 Å². The lowest BCUT2D eigenvalue weighted by molar-refractivity contribution is 0.775. The second kappa shape index (κ2) is 15.8. The molecule has 1 spiro atoms. The predicted molar refractivity (Wildman–Crippen MR) is 276 cm³/mol. The Labute approximate surface area is 391 Å². The molecule has 1 aromatic heterocycles. The monoisotopic (exact) mass is 850 g/mol. The average molecular weight is 851 g/mol. The molecule has 11 aromatic rings.